The Kier molecular flexibility index (Phi) is 5.77. The average Bonchev–Trinajstić information content (AvgIpc) is 3.18. The molecule has 7 heteroatoms. The number of halogens is 1. The van der Waals surface area contributed by atoms with Gasteiger partial charge in [0.05, 0.1) is 19.3 Å². The highest BCUT2D eigenvalue weighted by Gasteiger charge is 2.13. The molecule has 0 amide bonds. The summed E-state index contributed by atoms with van der Waals surface area (Å²) in [5, 5.41) is 4.89. The molecule has 140 valence electrons. The molecule has 1 unspecified atom stereocenters. The lowest BCUT2D eigenvalue weighted by molar-refractivity contribution is -0.163. The van der Waals surface area contributed by atoms with Gasteiger partial charge >= 0.3 is 0 Å². The van der Waals surface area contributed by atoms with E-state index in [1.807, 2.05) is 41.6 Å². The molecule has 0 radical (unpaired) electrons. The number of rotatable bonds is 6. The van der Waals surface area contributed by atoms with Crippen LogP contribution < -0.4 is 0 Å². The summed E-state index contributed by atoms with van der Waals surface area (Å²) in [6.07, 6.45) is 12.4. The molecule has 0 saturated carbocycles. The third-order valence-corrected chi connectivity index (χ3v) is 4.73. The minimum atomic E-state index is -0.0677. The van der Waals surface area contributed by atoms with Crippen molar-refractivity contribution in [3.8, 4) is 22.3 Å². The van der Waals surface area contributed by atoms with Crippen molar-refractivity contribution in [3.63, 3.8) is 0 Å². The van der Waals surface area contributed by atoms with E-state index in [9.17, 15) is 0 Å². The van der Waals surface area contributed by atoms with Crippen molar-refractivity contribution in [1.82, 2.24) is 19.7 Å². The average molecular weight is 385 g/mol. The van der Waals surface area contributed by atoms with E-state index in [1.54, 1.807) is 6.20 Å². The molecule has 0 N–H and O–H groups in total. The van der Waals surface area contributed by atoms with E-state index in [1.165, 1.54) is 6.42 Å². The van der Waals surface area contributed by atoms with Gasteiger partial charge in [0.25, 0.3) is 0 Å². The standard InChI is InChI=1S/C20H21ClN4O2/c21-19-10-15(4-5-23-19)16-9-17(12-22-11-16)18-13-24-25(14-18)6-8-27-20-3-1-2-7-26-20/h4-5,9-14,20H,1-3,6-8H2. The Morgan fingerprint density at radius 1 is 1.11 bits per heavy atom. The highest BCUT2D eigenvalue weighted by atomic mass is 35.5. The van der Waals surface area contributed by atoms with Gasteiger partial charge in [0, 0.05) is 48.1 Å². The maximum Gasteiger partial charge on any atom is 0.157 e. The predicted octanol–water partition coefficient (Wildman–Crippen LogP) is 4.20. The van der Waals surface area contributed by atoms with Crippen molar-refractivity contribution in [1.29, 1.82) is 0 Å². The van der Waals surface area contributed by atoms with Crippen LogP contribution in [-0.4, -0.2) is 39.3 Å². The highest BCUT2D eigenvalue weighted by molar-refractivity contribution is 6.29. The van der Waals surface area contributed by atoms with Crippen LogP contribution in [0.4, 0.5) is 0 Å². The van der Waals surface area contributed by atoms with Crippen LogP contribution in [0.2, 0.25) is 5.15 Å². The zero-order chi connectivity index (χ0) is 18.5. The first kappa shape index (κ1) is 18.1. The Labute approximate surface area is 163 Å². The van der Waals surface area contributed by atoms with Gasteiger partial charge in [0.2, 0.25) is 0 Å². The Bertz CT molecular complexity index is 893. The van der Waals surface area contributed by atoms with Crippen LogP contribution >= 0.6 is 11.6 Å². The summed E-state index contributed by atoms with van der Waals surface area (Å²) in [6, 6.07) is 5.82. The SMILES string of the molecule is Clc1cc(-c2cncc(-c3cnn(CCOC4CCCCO4)c3)c2)ccn1. The molecule has 4 rings (SSSR count). The summed E-state index contributed by atoms with van der Waals surface area (Å²) < 4.78 is 13.2. The molecule has 0 bridgehead atoms. The summed E-state index contributed by atoms with van der Waals surface area (Å²) in [6.45, 7) is 2.06. The van der Waals surface area contributed by atoms with Crippen LogP contribution in [-0.2, 0) is 16.0 Å². The van der Waals surface area contributed by atoms with Crippen molar-refractivity contribution in [2.24, 2.45) is 0 Å². The molecule has 1 aliphatic rings. The van der Waals surface area contributed by atoms with E-state index < -0.39 is 0 Å². The maximum absolute atomic E-state index is 5.99. The van der Waals surface area contributed by atoms with Gasteiger partial charge in [-0.3, -0.25) is 9.67 Å². The van der Waals surface area contributed by atoms with Gasteiger partial charge in [-0.2, -0.15) is 5.10 Å². The monoisotopic (exact) mass is 384 g/mol. The zero-order valence-electron chi connectivity index (χ0n) is 14.9. The van der Waals surface area contributed by atoms with Crippen molar-refractivity contribution >= 4 is 11.6 Å². The molecule has 0 aromatic carbocycles. The van der Waals surface area contributed by atoms with Crippen molar-refractivity contribution < 1.29 is 9.47 Å². The summed E-state index contributed by atoms with van der Waals surface area (Å²) in [7, 11) is 0. The Hall–Kier alpha value is -2.28. The lowest BCUT2D eigenvalue weighted by Crippen LogP contribution is -2.24. The quantitative estimate of drug-likeness (QED) is 0.596. The smallest absolute Gasteiger partial charge is 0.157 e. The van der Waals surface area contributed by atoms with Crippen LogP contribution in [0.3, 0.4) is 0 Å². The molecule has 6 nitrogen and oxygen atoms in total. The number of pyridine rings is 2. The molecule has 1 atom stereocenters. The minimum absolute atomic E-state index is 0.0677. The molecular formula is C20H21ClN4O2. The highest BCUT2D eigenvalue weighted by Crippen LogP contribution is 2.26. The number of hydrogen-bond acceptors (Lipinski definition) is 5. The first-order chi connectivity index (χ1) is 13.3. The summed E-state index contributed by atoms with van der Waals surface area (Å²) in [5.74, 6) is 0. The van der Waals surface area contributed by atoms with Gasteiger partial charge in [-0.05, 0) is 43.0 Å². The lowest BCUT2D eigenvalue weighted by atomic mass is 10.1. The molecule has 27 heavy (non-hydrogen) atoms. The van der Waals surface area contributed by atoms with Crippen molar-refractivity contribution in [3.05, 3.63) is 54.3 Å². The predicted molar refractivity (Wildman–Crippen MR) is 103 cm³/mol. The fraction of sp³-hybridized carbons (Fsp3) is 0.350. The molecule has 3 aromatic rings. The van der Waals surface area contributed by atoms with Crippen LogP contribution in [0.1, 0.15) is 19.3 Å². The Balaban J connectivity index is 1.41. The topological polar surface area (TPSA) is 62.1 Å². The van der Waals surface area contributed by atoms with E-state index in [2.05, 4.69) is 21.1 Å². The third kappa shape index (κ3) is 4.71. The van der Waals surface area contributed by atoms with E-state index in [4.69, 9.17) is 21.1 Å². The lowest BCUT2D eigenvalue weighted by Gasteiger charge is -2.22. The van der Waals surface area contributed by atoms with Crippen LogP contribution in [0.5, 0.6) is 0 Å². The molecule has 3 aromatic heterocycles. The van der Waals surface area contributed by atoms with Crippen LogP contribution in [0, 0.1) is 0 Å². The molecule has 1 aliphatic heterocycles. The second kappa shape index (κ2) is 8.61. The van der Waals surface area contributed by atoms with E-state index in [-0.39, 0.29) is 6.29 Å². The van der Waals surface area contributed by atoms with E-state index >= 15 is 0 Å². The fourth-order valence-corrected chi connectivity index (χ4v) is 3.27. The molecule has 1 fully saturated rings. The largest absolute Gasteiger partial charge is 0.353 e. The second-order valence-corrected chi connectivity index (χ2v) is 6.88. The van der Waals surface area contributed by atoms with Gasteiger partial charge < -0.3 is 9.47 Å². The van der Waals surface area contributed by atoms with Gasteiger partial charge in [-0.1, -0.05) is 11.6 Å². The third-order valence-electron chi connectivity index (χ3n) is 4.53. The first-order valence-corrected chi connectivity index (χ1v) is 9.49. The van der Waals surface area contributed by atoms with Gasteiger partial charge in [0.1, 0.15) is 5.15 Å². The van der Waals surface area contributed by atoms with Crippen molar-refractivity contribution in [2.45, 2.75) is 32.1 Å². The van der Waals surface area contributed by atoms with E-state index in [0.717, 1.165) is 41.7 Å². The first-order valence-electron chi connectivity index (χ1n) is 9.11. The van der Waals surface area contributed by atoms with Gasteiger partial charge in [-0.25, -0.2) is 4.98 Å². The Morgan fingerprint density at radius 3 is 2.81 bits per heavy atom. The zero-order valence-corrected chi connectivity index (χ0v) is 15.7. The molecule has 0 spiro atoms. The molecular weight excluding hydrogens is 364 g/mol. The van der Waals surface area contributed by atoms with Crippen LogP contribution in [0.25, 0.3) is 22.3 Å². The number of hydrogen-bond donors (Lipinski definition) is 0. The number of aromatic nitrogens is 4. The van der Waals surface area contributed by atoms with Crippen molar-refractivity contribution in [2.75, 3.05) is 13.2 Å². The van der Waals surface area contributed by atoms with Crippen LogP contribution in [0.15, 0.2) is 49.2 Å². The minimum Gasteiger partial charge on any atom is -0.353 e. The fourth-order valence-electron chi connectivity index (χ4n) is 3.09. The van der Waals surface area contributed by atoms with Gasteiger partial charge in [0.15, 0.2) is 6.29 Å². The normalized spacial score (nSPS) is 17.1. The summed E-state index contributed by atoms with van der Waals surface area (Å²) in [4.78, 5) is 8.38. The molecule has 1 saturated heterocycles. The van der Waals surface area contributed by atoms with Gasteiger partial charge in [-0.15, -0.1) is 0 Å². The number of ether oxygens (including phenoxy) is 2. The Morgan fingerprint density at radius 2 is 2.00 bits per heavy atom. The summed E-state index contributed by atoms with van der Waals surface area (Å²) >= 11 is 5.99. The maximum atomic E-state index is 5.99. The molecule has 4 heterocycles. The molecule has 0 aliphatic carbocycles. The van der Waals surface area contributed by atoms with E-state index in [0.29, 0.717) is 18.3 Å². The summed E-state index contributed by atoms with van der Waals surface area (Å²) in [5.41, 5.74) is 3.99. The number of nitrogens with zero attached hydrogens (tertiary/aromatic N) is 4. The second-order valence-electron chi connectivity index (χ2n) is 6.49.